The van der Waals surface area contributed by atoms with Crippen molar-refractivity contribution < 1.29 is 24.4 Å². The quantitative estimate of drug-likeness (QED) is 0.466. The molecule has 2 rings (SSSR count). The van der Waals surface area contributed by atoms with Crippen molar-refractivity contribution in [1.29, 1.82) is 0 Å². The molecule has 1 aromatic rings. The number of ether oxygens (including phenoxy) is 1. The van der Waals surface area contributed by atoms with Crippen LogP contribution in [0.4, 0.5) is 5.69 Å². The van der Waals surface area contributed by atoms with Crippen molar-refractivity contribution in [2.75, 3.05) is 0 Å². The van der Waals surface area contributed by atoms with Gasteiger partial charge in [-0.05, 0) is 37.7 Å². The van der Waals surface area contributed by atoms with Gasteiger partial charge in [0, 0.05) is 12.0 Å². The van der Waals surface area contributed by atoms with Gasteiger partial charge in [-0.2, -0.15) is 0 Å². The smallest absolute Gasteiger partial charge is 0.345 e. The number of para-hydroxylation sites is 1. The van der Waals surface area contributed by atoms with Gasteiger partial charge in [-0.3, -0.25) is 10.1 Å². The van der Waals surface area contributed by atoms with E-state index in [1.165, 1.54) is 24.3 Å². The monoisotopic (exact) mass is 292 g/mol. The molecule has 0 N–H and O–H groups in total. The lowest BCUT2D eigenvalue weighted by molar-refractivity contribution is -0.385. The summed E-state index contributed by atoms with van der Waals surface area (Å²) in [5.41, 5.74) is -0.393. The highest BCUT2D eigenvalue weighted by Crippen LogP contribution is 2.27. The summed E-state index contributed by atoms with van der Waals surface area (Å²) in [5.74, 6) is -2.34. The van der Waals surface area contributed by atoms with Crippen LogP contribution in [-0.2, 0) is 9.53 Å². The fourth-order valence-electron chi connectivity index (χ4n) is 2.44. The Bertz CT molecular complexity index is 562. The summed E-state index contributed by atoms with van der Waals surface area (Å²) in [6, 6.07) is 5.58. The van der Waals surface area contributed by atoms with Gasteiger partial charge in [0.05, 0.1) is 4.92 Å². The van der Waals surface area contributed by atoms with E-state index in [9.17, 15) is 24.8 Å². The normalized spacial score (nSPS) is 21.5. The molecule has 7 heteroatoms. The predicted molar refractivity (Wildman–Crippen MR) is 69.3 cm³/mol. The summed E-state index contributed by atoms with van der Waals surface area (Å²) < 4.78 is 5.24. The van der Waals surface area contributed by atoms with Gasteiger partial charge in [-0.25, -0.2) is 4.79 Å². The molecule has 0 spiro atoms. The second kappa shape index (κ2) is 6.34. The summed E-state index contributed by atoms with van der Waals surface area (Å²) in [6.07, 6.45) is 1.21. The van der Waals surface area contributed by atoms with Gasteiger partial charge < -0.3 is 14.6 Å². The summed E-state index contributed by atoms with van der Waals surface area (Å²) in [6.45, 7) is 0. The third-order valence-corrected chi connectivity index (χ3v) is 3.60. The molecule has 0 radical (unpaired) electrons. The van der Waals surface area contributed by atoms with Crippen LogP contribution in [-0.4, -0.2) is 23.0 Å². The van der Waals surface area contributed by atoms with Crippen LogP contribution in [0, 0.1) is 16.0 Å². The molecular formula is C14H14NO6-. The maximum atomic E-state index is 12.0. The molecule has 0 aliphatic heterocycles. The van der Waals surface area contributed by atoms with Gasteiger partial charge in [0.25, 0.3) is 5.69 Å². The number of nitrogens with zero attached hydrogens (tertiary/aromatic N) is 1. The number of aliphatic carboxylic acids is 1. The average Bonchev–Trinajstić information content (AvgIpc) is 2.47. The molecule has 0 aromatic heterocycles. The molecule has 1 saturated carbocycles. The minimum atomic E-state index is -1.08. The molecule has 112 valence electrons. The Morgan fingerprint density at radius 1 is 1.14 bits per heavy atom. The number of hydrogen-bond acceptors (Lipinski definition) is 6. The van der Waals surface area contributed by atoms with Crippen LogP contribution in [0.3, 0.4) is 0 Å². The molecule has 1 aromatic carbocycles. The number of esters is 1. The Balaban J connectivity index is 2.00. The van der Waals surface area contributed by atoms with Crippen molar-refractivity contribution in [1.82, 2.24) is 0 Å². The van der Waals surface area contributed by atoms with Gasteiger partial charge in [-0.1, -0.05) is 12.1 Å². The number of carboxylic acid groups (broad SMARTS) is 1. The van der Waals surface area contributed by atoms with E-state index in [2.05, 4.69) is 0 Å². The first-order chi connectivity index (χ1) is 9.99. The molecule has 0 amide bonds. The number of hydrogen-bond donors (Lipinski definition) is 0. The first-order valence-corrected chi connectivity index (χ1v) is 6.64. The summed E-state index contributed by atoms with van der Waals surface area (Å²) in [4.78, 5) is 33.0. The molecule has 0 saturated heterocycles. The molecule has 0 unspecified atom stereocenters. The lowest BCUT2D eigenvalue weighted by Gasteiger charge is -2.28. The van der Waals surface area contributed by atoms with Crippen molar-refractivity contribution in [2.24, 2.45) is 5.92 Å². The van der Waals surface area contributed by atoms with Crippen molar-refractivity contribution >= 4 is 17.6 Å². The van der Waals surface area contributed by atoms with Crippen molar-refractivity contribution in [3.63, 3.8) is 0 Å². The van der Waals surface area contributed by atoms with Crippen LogP contribution >= 0.6 is 0 Å². The van der Waals surface area contributed by atoms with E-state index in [1.54, 1.807) is 0 Å². The lowest BCUT2D eigenvalue weighted by atomic mass is 9.87. The zero-order valence-electron chi connectivity index (χ0n) is 11.2. The van der Waals surface area contributed by atoms with E-state index < -0.39 is 28.9 Å². The summed E-state index contributed by atoms with van der Waals surface area (Å²) in [7, 11) is 0. The van der Waals surface area contributed by atoms with E-state index in [4.69, 9.17) is 4.74 Å². The third-order valence-electron chi connectivity index (χ3n) is 3.60. The summed E-state index contributed by atoms with van der Waals surface area (Å²) in [5, 5.41) is 21.6. The Morgan fingerprint density at radius 2 is 1.76 bits per heavy atom. The third kappa shape index (κ3) is 3.56. The number of rotatable bonds is 4. The first kappa shape index (κ1) is 15.0. The predicted octanol–water partition coefficient (Wildman–Crippen LogP) is 1.06. The van der Waals surface area contributed by atoms with E-state index in [1.807, 2.05) is 0 Å². The van der Waals surface area contributed by atoms with Gasteiger partial charge in [0.15, 0.2) is 0 Å². The average molecular weight is 292 g/mol. The van der Waals surface area contributed by atoms with E-state index in [0.717, 1.165) is 0 Å². The van der Waals surface area contributed by atoms with Gasteiger partial charge >= 0.3 is 5.97 Å². The Kier molecular flexibility index (Phi) is 4.52. The molecule has 0 atom stereocenters. The molecule has 0 heterocycles. The number of carboxylic acids is 1. The molecule has 7 nitrogen and oxygen atoms in total. The highest BCUT2D eigenvalue weighted by Gasteiger charge is 2.27. The maximum absolute atomic E-state index is 12.0. The molecule has 0 bridgehead atoms. The van der Waals surface area contributed by atoms with Crippen molar-refractivity contribution in [3.8, 4) is 0 Å². The van der Waals surface area contributed by atoms with Crippen LogP contribution in [0.15, 0.2) is 24.3 Å². The van der Waals surface area contributed by atoms with Crippen molar-refractivity contribution in [3.05, 3.63) is 39.9 Å². The van der Waals surface area contributed by atoms with Crippen LogP contribution in [0.1, 0.15) is 36.0 Å². The maximum Gasteiger partial charge on any atom is 0.345 e. The largest absolute Gasteiger partial charge is 0.550 e. The SMILES string of the molecule is O=C(OC1CCC(C(=O)[O-])CC1)c1ccccc1[N+](=O)[O-]. The fraction of sp³-hybridized carbons (Fsp3) is 0.429. The van der Waals surface area contributed by atoms with E-state index in [0.29, 0.717) is 25.7 Å². The molecule has 1 aliphatic carbocycles. The topological polar surface area (TPSA) is 110 Å². The van der Waals surface area contributed by atoms with Gasteiger partial charge in [0.2, 0.25) is 0 Å². The Morgan fingerprint density at radius 3 is 2.33 bits per heavy atom. The second-order valence-corrected chi connectivity index (χ2v) is 4.97. The van der Waals surface area contributed by atoms with Crippen LogP contribution < -0.4 is 5.11 Å². The van der Waals surface area contributed by atoms with Crippen LogP contribution in [0.5, 0.6) is 0 Å². The second-order valence-electron chi connectivity index (χ2n) is 4.97. The van der Waals surface area contributed by atoms with Crippen LogP contribution in [0.25, 0.3) is 0 Å². The highest BCUT2D eigenvalue weighted by atomic mass is 16.6. The minimum Gasteiger partial charge on any atom is -0.550 e. The molecule has 21 heavy (non-hydrogen) atoms. The number of carbonyl (C=O) groups is 2. The zero-order chi connectivity index (χ0) is 15.4. The Labute approximate surface area is 120 Å². The van der Waals surface area contributed by atoms with Crippen molar-refractivity contribution in [2.45, 2.75) is 31.8 Å². The minimum absolute atomic E-state index is 0.0930. The van der Waals surface area contributed by atoms with Crippen LogP contribution in [0.2, 0.25) is 0 Å². The number of nitro benzene ring substituents is 1. The first-order valence-electron chi connectivity index (χ1n) is 6.64. The zero-order valence-corrected chi connectivity index (χ0v) is 11.2. The van der Waals surface area contributed by atoms with Gasteiger partial charge in [0.1, 0.15) is 11.7 Å². The summed E-state index contributed by atoms with van der Waals surface area (Å²) >= 11 is 0. The number of benzene rings is 1. The van der Waals surface area contributed by atoms with Gasteiger partial charge in [-0.15, -0.1) is 0 Å². The lowest BCUT2D eigenvalue weighted by Crippen LogP contribution is -2.35. The highest BCUT2D eigenvalue weighted by molar-refractivity contribution is 5.93. The van der Waals surface area contributed by atoms with E-state index >= 15 is 0 Å². The molecule has 1 aliphatic rings. The molecular weight excluding hydrogens is 278 g/mol. The van der Waals surface area contributed by atoms with E-state index in [-0.39, 0.29) is 11.3 Å². The standard InChI is InChI=1S/C14H15NO6/c16-13(17)9-5-7-10(8-6-9)21-14(18)11-3-1-2-4-12(11)15(19)20/h1-4,9-10H,5-8H2,(H,16,17)/p-1. The molecule has 1 fully saturated rings. The number of carbonyl (C=O) groups excluding carboxylic acids is 2. The number of nitro groups is 1. The fourth-order valence-corrected chi connectivity index (χ4v) is 2.44. The Hall–Kier alpha value is -2.44.